The van der Waals surface area contributed by atoms with Crippen molar-refractivity contribution in [3.05, 3.63) is 11.6 Å². The van der Waals surface area contributed by atoms with Gasteiger partial charge in [-0.3, -0.25) is 9.69 Å². The number of aryl methyl sites for hydroxylation is 1. The molecule has 0 aromatic carbocycles. The Morgan fingerprint density at radius 2 is 1.93 bits per heavy atom. The van der Waals surface area contributed by atoms with Crippen LogP contribution in [0.15, 0.2) is 4.99 Å². The van der Waals surface area contributed by atoms with Gasteiger partial charge in [0.2, 0.25) is 5.91 Å². The third-order valence-electron chi connectivity index (χ3n) is 4.32. The Morgan fingerprint density at radius 1 is 1.21 bits per heavy atom. The molecule has 10 nitrogen and oxygen atoms in total. The Labute approximate surface area is 167 Å². The average molecular weight is 395 g/mol. The van der Waals surface area contributed by atoms with Gasteiger partial charge in [-0.1, -0.05) is 0 Å². The van der Waals surface area contributed by atoms with E-state index in [4.69, 9.17) is 4.74 Å². The maximum absolute atomic E-state index is 12.1. The van der Waals surface area contributed by atoms with Crippen LogP contribution < -0.4 is 16.0 Å². The van der Waals surface area contributed by atoms with Gasteiger partial charge in [0.05, 0.1) is 19.8 Å². The lowest BCUT2D eigenvalue weighted by molar-refractivity contribution is -0.121. The molecule has 0 unspecified atom stereocenters. The quantitative estimate of drug-likeness (QED) is 0.419. The zero-order valence-corrected chi connectivity index (χ0v) is 17.7. The highest BCUT2D eigenvalue weighted by atomic mass is 16.5. The monoisotopic (exact) mass is 394 g/mol. The molecule has 0 aliphatic carbocycles. The van der Waals surface area contributed by atoms with Gasteiger partial charge in [-0.25, -0.2) is 4.99 Å². The molecule has 1 aromatic heterocycles. The minimum Gasteiger partial charge on any atom is -0.379 e. The molecule has 158 valence electrons. The maximum Gasteiger partial charge on any atom is 0.239 e. The molecule has 0 bridgehead atoms. The van der Waals surface area contributed by atoms with Crippen LogP contribution in [0, 0.1) is 6.92 Å². The first-order valence-corrected chi connectivity index (χ1v) is 9.73. The standard InChI is InChI=1S/C18H34N8O2/c1-14-23-24-15(25(14)5)12-20-17(21-13-16(27)22-18(2,3)4)19-6-7-26-8-10-28-11-9-26/h6-13H2,1-5H3,(H,22,27)(H2,19,20,21). The molecule has 2 heterocycles. The SMILES string of the molecule is Cc1nnc(CN=C(NCCN2CCOCC2)NCC(=O)NC(C)(C)C)n1C. The summed E-state index contributed by atoms with van der Waals surface area (Å²) in [6.45, 7) is 13.3. The molecule has 0 atom stereocenters. The second-order valence-corrected chi connectivity index (χ2v) is 7.92. The van der Waals surface area contributed by atoms with Crippen molar-refractivity contribution in [3.63, 3.8) is 0 Å². The van der Waals surface area contributed by atoms with Crippen LogP contribution >= 0.6 is 0 Å². The van der Waals surface area contributed by atoms with E-state index in [1.807, 2.05) is 39.3 Å². The van der Waals surface area contributed by atoms with Crippen LogP contribution in [0.4, 0.5) is 0 Å². The van der Waals surface area contributed by atoms with E-state index in [0.29, 0.717) is 12.5 Å². The third-order valence-corrected chi connectivity index (χ3v) is 4.32. The number of morpholine rings is 1. The minimum absolute atomic E-state index is 0.0790. The second kappa shape index (κ2) is 10.4. The largest absolute Gasteiger partial charge is 0.379 e. The van der Waals surface area contributed by atoms with Gasteiger partial charge in [-0.05, 0) is 27.7 Å². The first-order chi connectivity index (χ1) is 13.2. The first-order valence-electron chi connectivity index (χ1n) is 9.73. The van der Waals surface area contributed by atoms with Gasteiger partial charge in [-0.2, -0.15) is 0 Å². The van der Waals surface area contributed by atoms with E-state index in [1.54, 1.807) is 0 Å². The Kier molecular flexibility index (Phi) is 8.18. The topological polar surface area (TPSA) is 109 Å². The lowest BCUT2D eigenvalue weighted by Crippen LogP contribution is -2.49. The van der Waals surface area contributed by atoms with Gasteiger partial charge in [0.25, 0.3) is 0 Å². The summed E-state index contributed by atoms with van der Waals surface area (Å²) in [4.78, 5) is 19.0. The fourth-order valence-electron chi connectivity index (χ4n) is 2.70. The number of guanidine groups is 1. The van der Waals surface area contributed by atoms with E-state index in [0.717, 1.165) is 51.0 Å². The van der Waals surface area contributed by atoms with Crippen LogP contribution in [0.2, 0.25) is 0 Å². The van der Waals surface area contributed by atoms with E-state index in [1.165, 1.54) is 0 Å². The number of ether oxygens (including phenoxy) is 1. The van der Waals surface area contributed by atoms with Crippen LogP contribution in [0.1, 0.15) is 32.4 Å². The Morgan fingerprint density at radius 3 is 2.54 bits per heavy atom. The highest BCUT2D eigenvalue weighted by molar-refractivity contribution is 5.86. The van der Waals surface area contributed by atoms with Crippen molar-refractivity contribution in [1.29, 1.82) is 0 Å². The summed E-state index contributed by atoms with van der Waals surface area (Å²) in [7, 11) is 1.91. The zero-order valence-electron chi connectivity index (χ0n) is 17.7. The summed E-state index contributed by atoms with van der Waals surface area (Å²) in [6.07, 6.45) is 0. The van der Waals surface area contributed by atoms with E-state index < -0.39 is 0 Å². The number of aliphatic imine (C=N–C) groups is 1. The Bertz CT molecular complexity index is 659. The molecule has 0 radical (unpaired) electrons. The Balaban J connectivity index is 1.90. The van der Waals surface area contributed by atoms with Crippen molar-refractivity contribution in [2.24, 2.45) is 12.0 Å². The van der Waals surface area contributed by atoms with Crippen LogP contribution in [-0.2, 0) is 23.1 Å². The number of carbonyl (C=O) groups excluding carboxylic acids is 1. The predicted molar refractivity (Wildman–Crippen MR) is 108 cm³/mol. The normalized spacial score (nSPS) is 16.1. The van der Waals surface area contributed by atoms with Crippen LogP contribution in [0.5, 0.6) is 0 Å². The summed E-state index contributed by atoms with van der Waals surface area (Å²) < 4.78 is 7.28. The highest BCUT2D eigenvalue weighted by Gasteiger charge is 2.14. The molecular formula is C18H34N8O2. The molecule has 1 fully saturated rings. The Hall–Kier alpha value is -2.20. The lowest BCUT2D eigenvalue weighted by atomic mass is 10.1. The fraction of sp³-hybridized carbons (Fsp3) is 0.778. The average Bonchev–Trinajstić information content (AvgIpc) is 2.95. The number of hydrogen-bond donors (Lipinski definition) is 3. The molecule has 1 amide bonds. The molecule has 10 heteroatoms. The van der Waals surface area contributed by atoms with E-state index in [9.17, 15) is 4.79 Å². The smallest absolute Gasteiger partial charge is 0.239 e. The maximum atomic E-state index is 12.1. The van der Waals surface area contributed by atoms with Gasteiger partial charge in [-0.15, -0.1) is 10.2 Å². The van der Waals surface area contributed by atoms with Gasteiger partial charge in [0, 0.05) is 38.8 Å². The molecule has 0 spiro atoms. The van der Waals surface area contributed by atoms with E-state index >= 15 is 0 Å². The molecule has 28 heavy (non-hydrogen) atoms. The number of rotatable bonds is 7. The van der Waals surface area contributed by atoms with Gasteiger partial charge in [0.1, 0.15) is 12.4 Å². The molecular weight excluding hydrogens is 360 g/mol. The number of nitrogens with one attached hydrogen (secondary N) is 3. The summed E-state index contributed by atoms with van der Waals surface area (Å²) in [5, 5.41) is 17.5. The fourth-order valence-corrected chi connectivity index (χ4v) is 2.70. The molecule has 1 saturated heterocycles. The van der Waals surface area contributed by atoms with Crippen molar-refractivity contribution in [2.75, 3.05) is 45.9 Å². The lowest BCUT2D eigenvalue weighted by Gasteiger charge is -2.26. The van der Waals surface area contributed by atoms with E-state index in [-0.39, 0.29) is 18.0 Å². The summed E-state index contributed by atoms with van der Waals surface area (Å²) in [5.74, 6) is 2.11. The van der Waals surface area contributed by atoms with Gasteiger partial charge >= 0.3 is 0 Å². The number of aromatic nitrogens is 3. The molecule has 1 aromatic rings. The minimum atomic E-state index is -0.268. The summed E-state index contributed by atoms with van der Waals surface area (Å²) in [6, 6.07) is 0. The summed E-state index contributed by atoms with van der Waals surface area (Å²) in [5.41, 5.74) is -0.268. The third kappa shape index (κ3) is 7.81. The molecule has 1 aliphatic heterocycles. The van der Waals surface area contributed by atoms with Crippen molar-refractivity contribution < 1.29 is 9.53 Å². The highest BCUT2D eigenvalue weighted by Crippen LogP contribution is 2.00. The first kappa shape index (κ1) is 22.1. The number of hydrogen-bond acceptors (Lipinski definition) is 6. The van der Waals surface area contributed by atoms with Gasteiger partial charge < -0.3 is 25.3 Å². The summed E-state index contributed by atoms with van der Waals surface area (Å²) >= 11 is 0. The molecule has 1 aliphatic rings. The van der Waals surface area contributed by atoms with Gasteiger partial charge in [0.15, 0.2) is 11.8 Å². The van der Waals surface area contributed by atoms with Crippen molar-refractivity contribution in [3.8, 4) is 0 Å². The van der Waals surface area contributed by atoms with Crippen LogP contribution in [0.3, 0.4) is 0 Å². The van der Waals surface area contributed by atoms with Crippen LogP contribution in [0.25, 0.3) is 0 Å². The molecule has 0 saturated carbocycles. The van der Waals surface area contributed by atoms with Crippen LogP contribution in [-0.4, -0.2) is 83.0 Å². The van der Waals surface area contributed by atoms with Crippen molar-refractivity contribution in [2.45, 2.75) is 39.8 Å². The van der Waals surface area contributed by atoms with Crippen molar-refractivity contribution >= 4 is 11.9 Å². The number of nitrogens with zero attached hydrogens (tertiary/aromatic N) is 5. The predicted octanol–water partition coefficient (Wildman–Crippen LogP) is -0.594. The molecule has 2 rings (SSSR count). The zero-order chi connectivity index (χ0) is 20.6. The van der Waals surface area contributed by atoms with E-state index in [2.05, 4.69) is 36.0 Å². The number of amides is 1. The van der Waals surface area contributed by atoms with Crippen molar-refractivity contribution in [1.82, 2.24) is 35.6 Å². The number of carbonyl (C=O) groups is 1. The second-order valence-electron chi connectivity index (χ2n) is 7.92. The molecule has 3 N–H and O–H groups in total.